The first kappa shape index (κ1) is 8.32. The Kier molecular flexibility index (Phi) is 1.92. The molecule has 1 heterocycles. The maximum atomic E-state index is 9.53. The quantitative estimate of drug-likeness (QED) is 0.731. The number of para-hydroxylation sites is 2. The van der Waals surface area contributed by atoms with Crippen LogP contribution in [0.5, 0.6) is 5.75 Å². The molecule has 1 aromatic heterocycles. The molecule has 1 N–H and O–H groups in total. The second-order valence-corrected chi connectivity index (χ2v) is 2.73. The van der Waals surface area contributed by atoms with Crippen molar-refractivity contribution in [2.24, 2.45) is 0 Å². The molecule has 0 aliphatic carbocycles. The third kappa shape index (κ3) is 1.21. The van der Waals surface area contributed by atoms with Crippen LogP contribution in [-0.2, 0) is 0 Å². The topological polar surface area (TPSA) is 61.8 Å². The van der Waals surface area contributed by atoms with Gasteiger partial charge in [-0.15, -0.1) is 0 Å². The Labute approximate surface area is 80.6 Å². The van der Waals surface area contributed by atoms with Crippen molar-refractivity contribution in [2.75, 3.05) is 0 Å². The summed E-state index contributed by atoms with van der Waals surface area (Å²) in [5.74, 6) is 0.104. The number of phenols is 1. The maximum Gasteiger partial charge on any atom is 0.144 e. The monoisotopic (exact) mass is 185 g/mol. The first-order chi connectivity index (χ1) is 6.83. The fraction of sp³-hybridized carbons (Fsp3) is 0. The zero-order valence-electron chi connectivity index (χ0n) is 7.25. The number of hydrogen-bond acceptors (Lipinski definition) is 3. The minimum Gasteiger partial charge on any atom is -0.506 e. The maximum absolute atomic E-state index is 9.53. The first-order valence-corrected chi connectivity index (χ1v) is 4.05. The molecule has 68 valence electrons. The van der Waals surface area contributed by atoms with Gasteiger partial charge >= 0.3 is 0 Å². The van der Waals surface area contributed by atoms with Crippen LogP contribution in [0.25, 0.3) is 5.69 Å². The smallest absolute Gasteiger partial charge is 0.144 e. The lowest BCUT2D eigenvalue weighted by atomic mass is 10.3. The van der Waals surface area contributed by atoms with Gasteiger partial charge in [0.15, 0.2) is 0 Å². The molecule has 14 heavy (non-hydrogen) atoms. The summed E-state index contributed by atoms with van der Waals surface area (Å²) in [4.78, 5) is 0. The molecule has 4 heteroatoms. The molecule has 0 aliphatic heterocycles. The van der Waals surface area contributed by atoms with Gasteiger partial charge < -0.3 is 5.11 Å². The number of benzene rings is 1. The second kappa shape index (κ2) is 3.23. The van der Waals surface area contributed by atoms with Crippen molar-refractivity contribution in [1.29, 1.82) is 5.26 Å². The molecule has 0 unspecified atom stereocenters. The Morgan fingerprint density at radius 1 is 1.29 bits per heavy atom. The van der Waals surface area contributed by atoms with Gasteiger partial charge in [0, 0.05) is 0 Å². The van der Waals surface area contributed by atoms with Gasteiger partial charge in [0.05, 0.1) is 6.20 Å². The Morgan fingerprint density at radius 3 is 2.79 bits per heavy atom. The van der Waals surface area contributed by atoms with Gasteiger partial charge in [-0.1, -0.05) is 12.1 Å². The van der Waals surface area contributed by atoms with Gasteiger partial charge in [-0.25, -0.2) is 4.68 Å². The lowest BCUT2D eigenvalue weighted by Gasteiger charge is -2.04. The normalized spacial score (nSPS) is 9.64. The fourth-order valence-electron chi connectivity index (χ4n) is 1.22. The summed E-state index contributed by atoms with van der Waals surface area (Å²) >= 11 is 0. The van der Waals surface area contributed by atoms with Crippen LogP contribution in [0.2, 0.25) is 0 Å². The molecule has 0 saturated carbocycles. The summed E-state index contributed by atoms with van der Waals surface area (Å²) in [6.45, 7) is 0. The van der Waals surface area contributed by atoms with Crippen LogP contribution in [0.4, 0.5) is 0 Å². The Hall–Kier alpha value is -2.28. The van der Waals surface area contributed by atoms with Crippen molar-refractivity contribution in [3.05, 3.63) is 42.2 Å². The lowest BCUT2D eigenvalue weighted by Crippen LogP contribution is -1.98. The van der Waals surface area contributed by atoms with Gasteiger partial charge in [-0.2, -0.15) is 10.4 Å². The van der Waals surface area contributed by atoms with E-state index in [1.165, 1.54) is 10.9 Å². The zero-order valence-corrected chi connectivity index (χ0v) is 7.25. The molecule has 0 aliphatic rings. The van der Waals surface area contributed by atoms with Crippen molar-refractivity contribution in [1.82, 2.24) is 9.78 Å². The number of nitrogens with zero attached hydrogens (tertiary/aromatic N) is 3. The van der Waals surface area contributed by atoms with Crippen LogP contribution in [0.3, 0.4) is 0 Å². The molecule has 0 fully saturated rings. The number of phenolic OH excluding ortho intramolecular Hbond substituents is 1. The van der Waals surface area contributed by atoms with E-state index in [4.69, 9.17) is 5.26 Å². The molecule has 1 aromatic carbocycles. The van der Waals surface area contributed by atoms with E-state index in [0.717, 1.165) is 0 Å². The third-order valence-corrected chi connectivity index (χ3v) is 1.87. The Balaban J connectivity index is 2.62. The molecular formula is C10H7N3O. The highest BCUT2D eigenvalue weighted by Crippen LogP contribution is 2.20. The van der Waals surface area contributed by atoms with E-state index in [9.17, 15) is 5.11 Å². The largest absolute Gasteiger partial charge is 0.506 e. The minimum absolute atomic E-state index is 0.104. The van der Waals surface area contributed by atoms with Gasteiger partial charge in [0.1, 0.15) is 23.2 Å². The van der Waals surface area contributed by atoms with Gasteiger partial charge in [0.25, 0.3) is 0 Å². The van der Waals surface area contributed by atoms with E-state index >= 15 is 0 Å². The summed E-state index contributed by atoms with van der Waals surface area (Å²) in [7, 11) is 0. The summed E-state index contributed by atoms with van der Waals surface area (Å²) in [6.07, 6.45) is 1.52. The van der Waals surface area contributed by atoms with Gasteiger partial charge in [-0.05, 0) is 18.2 Å². The van der Waals surface area contributed by atoms with Crippen molar-refractivity contribution in [2.45, 2.75) is 0 Å². The Bertz CT molecular complexity index is 496. The highest BCUT2D eigenvalue weighted by Gasteiger charge is 2.06. The molecule has 0 atom stereocenters. The number of hydrogen-bond donors (Lipinski definition) is 1. The van der Waals surface area contributed by atoms with E-state index in [1.54, 1.807) is 30.3 Å². The van der Waals surface area contributed by atoms with Crippen molar-refractivity contribution < 1.29 is 5.11 Å². The first-order valence-electron chi connectivity index (χ1n) is 4.05. The zero-order chi connectivity index (χ0) is 9.97. The highest BCUT2D eigenvalue weighted by molar-refractivity contribution is 5.47. The second-order valence-electron chi connectivity index (χ2n) is 2.73. The van der Waals surface area contributed by atoms with E-state index in [0.29, 0.717) is 11.4 Å². The van der Waals surface area contributed by atoms with Crippen LogP contribution in [0, 0.1) is 11.3 Å². The molecule has 2 aromatic rings. The molecule has 0 saturated heterocycles. The molecule has 4 nitrogen and oxygen atoms in total. The number of nitriles is 1. The van der Waals surface area contributed by atoms with Crippen molar-refractivity contribution in [3.8, 4) is 17.5 Å². The van der Waals surface area contributed by atoms with Crippen LogP contribution in [0.15, 0.2) is 36.5 Å². The number of rotatable bonds is 1. The standard InChI is InChI=1S/C10H7N3O/c11-7-8-5-6-12-13(8)9-3-1-2-4-10(9)14/h1-6,14H. The predicted molar refractivity (Wildman–Crippen MR) is 49.9 cm³/mol. The summed E-state index contributed by atoms with van der Waals surface area (Å²) < 4.78 is 1.40. The molecule has 0 amide bonds. The predicted octanol–water partition coefficient (Wildman–Crippen LogP) is 1.45. The van der Waals surface area contributed by atoms with Crippen molar-refractivity contribution >= 4 is 0 Å². The average molecular weight is 185 g/mol. The van der Waals surface area contributed by atoms with Crippen molar-refractivity contribution in [3.63, 3.8) is 0 Å². The highest BCUT2D eigenvalue weighted by atomic mass is 16.3. The summed E-state index contributed by atoms with van der Waals surface area (Å²) in [5.41, 5.74) is 0.903. The minimum atomic E-state index is 0.104. The van der Waals surface area contributed by atoms with Gasteiger partial charge in [-0.3, -0.25) is 0 Å². The SMILES string of the molecule is N#Cc1ccnn1-c1ccccc1O. The molecular weight excluding hydrogens is 178 g/mol. The van der Waals surface area contributed by atoms with Crippen LogP contribution in [-0.4, -0.2) is 14.9 Å². The molecule has 0 bridgehead atoms. The lowest BCUT2D eigenvalue weighted by molar-refractivity contribution is 0.470. The molecule has 0 spiro atoms. The van der Waals surface area contributed by atoms with E-state index in [-0.39, 0.29) is 5.75 Å². The van der Waals surface area contributed by atoms with E-state index < -0.39 is 0 Å². The summed E-state index contributed by atoms with van der Waals surface area (Å²) in [6, 6.07) is 10.3. The average Bonchev–Trinajstić information content (AvgIpc) is 2.66. The number of aromatic hydroxyl groups is 1. The van der Waals surface area contributed by atoms with Gasteiger partial charge in [0.2, 0.25) is 0 Å². The van der Waals surface area contributed by atoms with E-state index in [1.807, 2.05) is 6.07 Å². The molecule has 0 radical (unpaired) electrons. The van der Waals surface area contributed by atoms with Crippen LogP contribution >= 0.6 is 0 Å². The fourth-order valence-corrected chi connectivity index (χ4v) is 1.22. The summed E-state index contributed by atoms with van der Waals surface area (Å²) in [5, 5.41) is 22.3. The Morgan fingerprint density at radius 2 is 2.07 bits per heavy atom. The van der Waals surface area contributed by atoms with E-state index in [2.05, 4.69) is 5.10 Å². The van der Waals surface area contributed by atoms with Crippen LogP contribution in [0.1, 0.15) is 5.69 Å². The third-order valence-electron chi connectivity index (χ3n) is 1.87. The van der Waals surface area contributed by atoms with Crippen LogP contribution < -0.4 is 0 Å². The number of aromatic nitrogens is 2. The molecule has 2 rings (SSSR count).